The lowest BCUT2D eigenvalue weighted by Crippen LogP contribution is -2.10. The van der Waals surface area contributed by atoms with Crippen LogP contribution in [0.25, 0.3) is 0 Å². The van der Waals surface area contributed by atoms with Gasteiger partial charge in [0.05, 0.1) is 6.21 Å². The van der Waals surface area contributed by atoms with Crippen LogP contribution in [0.3, 0.4) is 0 Å². The van der Waals surface area contributed by atoms with E-state index in [2.05, 4.69) is 20.7 Å². The number of benzene rings is 1. The molecule has 1 aromatic carbocycles. The molecule has 0 spiro atoms. The Kier molecular flexibility index (Phi) is 4.67. The molecule has 7 heteroatoms. The molecule has 2 aromatic rings. The van der Waals surface area contributed by atoms with Crippen LogP contribution in [-0.2, 0) is 0 Å². The van der Waals surface area contributed by atoms with Crippen molar-refractivity contribution in [2.75, 3.05) is 11.3 Å². The van der Waals surface area contributed by atoms with Gasteiger partial charge in [0.1, 0.15) is 6.33 Å². The lowest BCUT2D eigenvalue weighted by atomic mass is 10.0. The molecule has 2 rings (SSSR count). The molecule has 0 radical (unpaired) electrons. The van der Waals surface area contributed by atoms with Crippen molar-refractivity contribution >= 4 is 24.6 Å². The molecule has 6 nitrogen and oxygen atoms in total. The van der Waals surface area contributed by atoms with Gasteiger partial charge in [-0.1, -0.05) is 18.2 Å². The fourth-order valence-electron chi connectivity index (χ4n) is 1.51. The Morgan fingerprint density at radius 1 is 1.33 bits per heavy atom. The first kappa shape index (κ1) is 14.0. The summed E-state index contributed by atoms with van der Waals surface area (Å²) < 4.78 is 1.27. The van der Waals surface area contributed by atoms with Crippen LogP contribution in [0.5, 0.6) is 0 Å². The van der Waals surface area contributed by atoms with E-state index in [-0.39, 0.29) is 12.4 Å². The average molecular weight is 267 g/mol. The molecule has 0 fully saturated rings. The summed E-state index contributed by atoms with van der Waals surface area (Å²) in [5, 5.41) is 11.5. The minimum Gasteiger partial charge on any atom is -0.335 e. The molecular weight excluding hydrogens is 252 g/mol. The van der Waals surface area contributed by atoms with Gasteiger partial charge in [-0.3, -0.25) is 0 Å². The summed E-state index contributed by atoms with van der Waals surface area (Å²) in [7, 11) is 0. The van der Waals surface area contributed by atoms with Crippen molar-refractivity contribution in [3.05, 3.63) is 41.2 Å². The monoisotopic (exact) mass is 266 g/mol. The van der Waals surface area contributed by atoms with E-state index in [9.17, 15) is 0 Å². The van der Waals surface area contributed by atoms with Gasteiger partial charge in [-0.2, -0.15) is 5.10 Å². The third-order valence-corrected chi connectivity index (χ3v) is 2.47. The van der Waals surface area contributed by atoms with Crippen molar-refractivity contribution in [3.63, 3.8) is 0 Å². The molecule has 0 aliphatic heterocycles. The second-order valence-electron chi connectivity index (χ2n) is 3.74. The zero-order chi connectivity index (χ0) is 12.3. The zero-order valence-electron chi connectivity index (χ0n) is 10.2. The predicted octanol–water partition coefficient (Wildman–Crippen LogP) is 1.48. The van der Waals surface area contributed by atoms with Crippen LogP contribution in [0.2, 0.25) is 0 Å². The number of hydrogen-bond acceptors (Lipinski definition) is 5. The first-order valence-corrected chi connectivity index (χ1v) is 5.19. The molecule has 0 saturated heterocycles. The third kappa shape index (κ3) is 2.98. The second-order valence-corrected chi connectivity index (χ2v) is 3.74. The van der Waals surface area contributed by atoms with E-state index in [1.54, 1.807) is 6.21 Å². The number of aromatic nitrogens is 3. The largest absolute Gasteiger partial charge is 0.335 e. The van der Waals surface area contributed by atoms with Gasteiger partial charge in [0.15, 0.2) is 0 Å². The number of nitrogen functional groups attached to an aromatic ring is 1. The summed E-state index contributed by atoms with van der Waals surface area (Å²) in [4.78, 5) is 0. The molecule has 3 N–H and O–H groups in total. The molecule has 0 aliphatic rings. The van der Waals surface area contributed by atoms with Crippen LogP contribution in [0.1, 0.15) is 16.7 Å². The van der Waals surface area contributed by atoms with Gasteiger partial charge in [-0.25, -0.2) is 10.1 Å². The lowest BCUT2D eigenvalue weighted by molar-refractivity contribution is 0.988. The molecule has 0 aliphatic carbocycles. The Bertz CT molecular complexity index is 528. The first-order valence-electron chi connectivity index (χ1n) is 5.19. The van der Waals surface area contributed by atoms with Gasteiger partial charge in [-0.15, -0.1) is 22.6 Å². The summed E-state index contributed by atoms with van der Waals surface area (Å²) in [5.74, 6) is 5.93. The van der Waals surface area contributed by atoms with Crippen LogP contribution in [-0.4, -0.2) is 21.1 Å². The number of rotatable bonds is 3. The highest BCUT2D eigenvalue weighted by Gasteiger charge is 1.99. The number of aryl methyl sites for hydroxylation is 2. The Hall–Kier alpha value is -2.08. The fraction of sp³-hybridized carbons (Fsp3) is 0.182. The topological polar surface area (TPSA) is 81.1 Å². The van der Waals surface area contributed by atoms with Gasteiger partial charge < -0.3 is 5.84 Å². The van der Waals surface area contributed by atoms with E-state index in [4.69, 9.17) is 5.84 Å². The van der Waals surface area contributed by atoms with Crippen molar-refractivity contribution in [2.45, 2.75) is 13.8 Å². The molecular formula is C11H15ClN6. The summed E-state index contributed by atoms with van der Waals surface area (Å²) in [6, 6.07) is 6.10. The highest BCUT2D eigenvalue weighted by molar-refractivity contribution is 5.85. The Morgan fingerprint density at radius 3 is 2.56 bits per heavy atom. The van der Waals surface area contributed by atoms with Crippen LogP contribution in [0.4, 0.5) is 5.95 Å². The molecule has 0 amide bonds. The minimum absolute atomic E-state index is 0. The Balaban J connectivity index is 0.00000162. The van der Waals surface area contributed by atoms with Crippen molar-refractivity contribution in [1.82, 2.24) is 14.9 Å². The molecule has 0 atom stereocenters. The summed E-state index contributed by atoms with van der Waals surface area (Å²) in [5.41, 5.74) is 6.16. The standard InChI is InChI=1S/C11H14N6.ClH/c1-8-4-3-5-9(2)10(8)6-13-15-11-16-14-7-17(11)12;/h3-7H,12H2,1-2H3,(H,15,16);1H/b13-6+;. The number of hydrogen-bond donors (Lipinski definition) is 2. The first-order chi connectivity index (χ1) is 8.18. The molecule has 0 saturated carbocycles. The number of hydrazone groups is 1. The van der Waals surface area contributed by atoms with Gasteiger partial charge in [-0.05, 0) is 25.0 Å². The zero-order valence-corrected chi connectivity index (χ0v) is 11.0. The fourth-order valence-corrected chi connectivity index (χ4v) is 1.51. The molecule has 18 heavy (non-hydrogen) atoms. The van der Waals surface area contributed by atoms with E-state index >= 15 is 0 Å². The number of nitrogens with one attached hydrogen (secondary N) is 1. The molecule has 1 aromatic heterocycles. The molecule has 1 heterocycles. The van der Waals surface area contributed by atoms with Crippen LogP contribution in [0.15, 0.2) is 29.6 Å². The lowest BCUT2D eigenvalue weighted by Gasteiger charge is -2.03. The quantitative estimate of drug-likeness (QED) is 0.501. The van der Waals surface area contributed by atoms with Crippen molar-refractivity contribution in [3.8, 4) is 0 Å². The van der Waals surface area contributed by atoms with Crippen LogP contribution >= 0.6 is 12.4 Å². The maximum Gasteiger partial charge on any atom is 0.263 e. The predicted molar refractivity (Wildman–Crippen MR) is 74.6 cm³/mol. The minimum atomic E-state index is 0. The highest BCUT2D eigenvalue weighted by atomic mass is 35.5. The molecule has 0 unspecified atom stereocenters. The number of anilines is 1. The van der Waals surface area contributed by atoms with E-state index < -0.39 is 0 Å². The summed E-state index contributed by atoms with van der Waals surface area (Å²) in [6.07, 6.45) is 3.15. The van der Waals surface area contributed by atoms with E-state index in [1.807, 2.05) is 32.0 Å². The molecule has 96 valence electrons. The number of halogens is 1. The SMILES string of the molecule is Cc1cccc(C)c1/C=N/Nc1nncn1N.Cl. The van der Waals surface area contributed by atoms with Gasteiger partial charge in [0.25, 0.3) is 5.95 Å². The van der Waals surface area contributed by atoms with E-state index in [0.29, 0.717) is 5.95 Å². The molecule has 0 bridgehead atoms. The third-order valence-electron chi connectivity index (χ3n) is 2.47. The number of nitrogens with two attached hydrogens (primary N) is 1. The van der Waals surface area contributed by atoms with Gasteiger partial charge in [0.2, 0.25) is 0 Å². The van der Waals surface area contributed by atoms with Crippen molar-refractivity contribution in [2.24, 2.45) is 5.10 Å². The second kappa shape index (κ2) is 6.02. The maximum absolute atomic E-state index is 5.54. The van der Waals surface area contributed by atoms with Crippen molar-refractivity contribution in [1.29, 1.82) is 0 Å². The van der Waals surface area contributed by atoms with E-state index in [0.717, 1.165) is 5.56 Å². The average Bonchev–Trinajstić information content (AvgIpc) is 2.69. The van der Waals surface area contributed by atoms with Crippen LogP contribution < -0.4 is 11.3 Å². The van der Waals surface area contributed by atoms with Gasteiger partial charge >= 0.3 is 0 Å². The Morgan fingerprint density at radius 2 is 2.00 bits per heavy atom. The summed E-state index contributed by atoms with van der Waals surface area (Å²) >= 11 is 0. The van der Waals surface area contributed by atoms with Crippen molar-refractivity contribution < 1.29 is 0 Å². The summed E-state index contributed by atoms with van der Waals surface area (Å²) in [6.45, 7) is 4.08. The van der Waals surface area contributed by atoms with Gasteiger partial charge in [0, 0.05) is 5.56 Å². The number of nitrogens with zero attached hydrogens (tertiary/aromatic N) is 4. The smallest absolute Gasteiger partial charge is 0.263 e. The normalized spacial score (nSPS) is 10.3. The van der Waals surface area contributed by atoms with Crippen LogP contribution in [0, 0.1) is 13.8 Å². The maximum atomic E-state index is 5.54. The highest BCUT2D eigenvalue weighted by Crippen LogP contribution is 2.10. The van der Waals surface area contributed by atoms with E-state index in [1.165, 1.54) is 22.1 Å². The Labute approximate surface area is 111 Å².